The smallest absolute Gasteiger partial charge is 0.330 e. The van der Waals surface area contributed by atoms with Crippen molar-refractivity contribution in [2.75, 3.05) is 0 Å². The number of carbonyl (C=O) groups excluding carboxylic acids is 1. The van der Waals surface area contributed by atoms with Crippen LogP contribution in [0, 0.1) is 0 Å². The summed E-state index contributed by atoms with van der Waals surface area (Å²) in [5, 5.41) is 20.7. The van der Waals surface area contributed by atoms with Crippen LogP contribution >= 0.6 is 0 Å². The number of nitrogens with one attached hydrogen (secondary N) is 1. The van der Waals surface area contributed by atoms with Gasteiger partial charge in [0.15, 0.2) is 6.04 Å². The average Bonchev–Trinajstić information content (AvgIpc) is 2.53. The minimum atomic E-state index is -1.12. The largest absolute Gasteiger partial charge is 0.479 e. The van der Waals surface area contributed by atoms with Crippen LogP contribution in [0.3, 0.4) is 0 Å². The van der Waals surface area contributed by atoms with Gasteiger partial charge in [-0.3, -0.25) is 4.79 Å². The molecule has 3 N–H and O–H groups in total. The lowest BCUT2D eigenvalue weighted by atomic mass is 10.1. The molecule has 0 heterocycles. The molecule has 0 aromatic heterocycles. The summed E-state index contributed by atoms with van der Waals surface area (Å²) in [6.45, 7) is -0.107. The predicted octanol–water partition coefficient (Wildman–Crippen LogP) is 1.73. The Morgan fingerprint density at radius 3 is 2.14 bits per heavy atom. The van der Waals surface area contributed by atoms with Crippen LogP contribution in [0.25, 0.3) is 0 Å². The molecule has 0 radical (unpaired) electrons. The van der Waals surface area contributed by atoms with Crippen LogP contribution in [0.2, 0.25) is 0 Å². The summed E-state index contributed by atoms with van der Waals surface area (Å²) in [4.78, 5) is 23.4. The van der Waals surface area contributed by atoms with E-state index in [2.05, 4.69) is 5.32 Å². The van der Waals surface area contributed by atoms with E-state index in [0.717, 1.165) is 0 Å². The summed E-state index contributed by atoms with van der Waals surface area (Å²) in [6, 6.07) is 13.7. The fourth-order valence-electron chi connectivity index (χ4n) is 1.91. The first-order valence-corrected chi connectivity index (χ1v) is 6.40. The Kier molecular flexibility index (Phi) is 4.68. The molecule has 1 amide bonds. The zero-order valence-corrected chi connectivity index (χ0v) is 11.2. The average molecular weight is 285 g/mol. The summed E-state index contributed by atoms with van der Waals surface area (Å²) in [5.74, 6) is -1.60. The van der Waals surface area contributed by atoms with Crippen molar-refractivity contribution in [3.8, 4) is 0 Å². The summed E-state index contributed by atoms with van der Waals surface area (Å²) >= 11 is 0. The third-order valence-corrected chi connectivity index (χ3v) is 3.05. The summed E-state index contributed by atoms with van der Waals surface area (Å²) in [5.41, 5.74) is 1.53. The van der Waals surface area contributed by atoms with Gasteiger partial charge in [0.05, 0.1) is 6.61 Å². The number of aliphatic carboxylic acids is 1. The quantitative estimate of drug-likeness (QED) is 0.781. The first-order valence-electron chi connectivity index (χ1n) is 6.40. The van der Waals surface area contributed by atoms with E-state index in [1.54, 1.807) is 54.6 Å². The van der Waals surface area contributed by atoms with Crippen LogP contribution in [-0.2, 0) is 11.4 Å². The van der Waals surface area contributed by atoms with Crippen molar-refractivity contribution in [2.24, 2.45) is 0 Å². The van der Waals surface area contributed by atoms with E-state index in [-0.39, 0.29) is 6.61 Å². The third-order valence-electron chi connectivity index (χ3n) is 3.05. The highest BCUT2D eigenvalue weighted by Gasteiger charge is 2.22. The second kappa shape index (κ2) is 6.67. The molecule has 2 aromatic carbocycles. The number of aliphatic hydroxyl groups is 1. The second-order valence-corrected chi connectivity index (χ2v) is 4.51. The number of carboxylic acids is 1. The number of benzene rings is 2. The van der Waals surface area contributed by atoms with Gasteiger partial charge in [0.1, 0.15) is 0 Å². The Bertz CT molecular complexity index is 622. The van der Waals surface area contributed by atoms with Crippen LogP contribution in [0.1, 0.15) is 27.5 Å². The van der Waals surface area contributed by atoms with Crippen LogP contribution in [0.15, 0.2) is 54.6 Å². The van der Waals surface area contributed by atoms with Crippen molar-refractivity contribution < 1.29 is 19.8 Å². The Morgan fingerprint density at radius 2 is 1.62 bits per heavy atom. The molecule has 0 aliphatic heterocycles. The molecule has 0 aliphatic carbocycles. The molecular weight excluding hydrogens is 270 g/mol. The van der Waals surface area contributed by atoms with Gasteiger partial charge in [-0.05, 0) is 23.3 Å². The standard InChI is InChI=1S/C16H15NO4/c18-10-11-6-8-13(9-7-11)15(19)17-14(16(20)21)12-4-2-1-3-5-12/h1-9,14,18H,10H2,(H,17,19)(H,20,21)/t14-/m0/s1. The van der Waals surface area contributed by atoms with E-state index in [1.807, 2.05) is 0 Å². The molecule has 1 atom stereocenters. The third kappa shape index (κ3) is 3.67. The molecule has 0 spiro atoms. The highest BCUT2D eigenvalue weighted by molar-refractivity contribution is 5.96. The van der Waals surface area contributed by atoms with Crippen molar-refractivity contribution in [1.82, 2.24) is 5.32 Å². The maximum atomic E-state index is 12.1. The molecule has 2 rings (SSSR count). The molecular formula is C16H15NO4. The number of hydrogen-bond acceptors (Lipinski definition) is 3. The fourth-order valence-corrected chi connectivity index (χ4v) is 1.91. The lowest BCUT2D eigenvalue weighted by molar-refractivity contribution is -0.139. The van der Waals surface area contributed by atoms with E-state index in [4.69, 9.17) is 5.11 Å². The maximum absolute atomic E-state index is 12.1. The Morgan fingerprint density at radius 1 is 1.00 bits per heavy atom. The molecule has 0 bridgehead atoms. The van der Waals surface area contributed by atoms with Gasteiger partial charge in [-0.25, -0.2) is 4.79 Å². The number of aliphatic hydroxyl groups excluding tert-OH is 1. The zero-order chi connectivity index (χ0) is 15.2. The van der Waals surface area contributed by atoms with Crippen LogP contribution in [0.5, 0.6) is 0 Å². The van der Waals surface area contributed by atoms with Crippen molar-refractivity contribution in [3.63, 3.8) is 0 Å². The maximum Gasteiger partial charge on any atom is 0.330 e. The van der Waals surface area contributed by atoms with Crippen molar-refractivity contribution in [1.29, 1.82) is 0 Å². The van der Waals surface area contributed by atoms with Gasteiger partial charge < -0.3 is 15.5 Å². The predicted molar refractivity (Wildman–Crippen MR) is 76.6 cm³/mol. The SMILES string of the molecule is O=C(N[C@H](C(=O)O)c1ccccc1)c1ccc(CO)cc1. The van der Waals surface area contributed by atoms with E-state index in [9.17, 15) is 14.7 Å². The van der Waals surface area contributed by atoms with Gasteiger partial charge in [-0.1, -0.05) is 42.5 Å². The monoisotopic (exact) mass is 285 g/mol. The van der Waals surface area contributed by atoms with Crippen LogP contribution in [0.4, 0.5) is 0 Å². The molecule has 2 aromatic rings. The number of carbonyl (C=O) groups is 2. The molecule has 5 nitrogen and oxygen atoms in total. The van der Waals surface area contributed by atoms with Gasteiger partial charge in [0.25, 0.3) is 5.91 Å². The van der Waals surface area contributed by atoms with Gasteiger partial charge in [-0.2, -0.15) is 0 Å². The van der Waals surface area contributed by atoms with Gasteiger partial charge >= 0.3 is 5.97 Å². The van der Waals surface area contributed by atoms with Crippen molar-refractivity contribution in [2.45, 2.75) is 12.6 Å². The lowest BCUT2D eigenvalue weighted by Gasteiger charge is -2.15. The summed E-state index contributed by atoms with van der Waals surface area (Å²) < 4.78 is 0. The van der Waals surface area contributed by atoms with Crippen molar-refractivity contribution >= 4 is 11.9 Å². The molecule has 0 aliphatic rings. The normalized spacial score (nSPS) is 11.7. The molecule has 5 heteroatoms. The number of amides is 1. The Labute approximate surface area is 121 Å². The first-order chi connectivity index (χ1) is 10.1. The van der Waals surface area contributed by atoms with Crippen molar-refractivity contribution in [3.05, 3.63) is 71.3 Å². The highest BCUT2D eigenvalue weighted by Crippen LogP contribution is 2.14. The Balaban J connectivity index is 2.16. The highest BCUT2D eigenvalue weighted by atomic mass is 16.4. The van der Waals surface area contributed by atoms with E-state index in [1.165, 1.54) is 0 Å². The molecule has 0 unspecified atom stereocenters. The van der Waals surface area contributed by atoms with Crippen LogP contribution < -0.4 is 5.32 Å². The van der Waals surface area contributed by atoms with E-state index in [0.29, 0.717) is 16.7 Å². The molecule has 108 valence electrons. The number of rotatable bonds is 5. The van der Waals surface area contributed by atoms with Gasteiger partial charge in [0, 0.05) is 5.56 Å². The van der Waals surface area contributed by atoms with E-state index < -0.39 is 17.9 Å². The molecule has 0 saturated heterocycles. The number of carboxylic acid groups (broad SMARTS) is 1. The van der Waals surface area contributed by atoms with Gasteiger partial charge in [0.2, 0.25) is 0 Å². The summed E-state index contributed by atoms with van der Waals surface area (Å²) in [7, 11) is 0. The molecule has 0 fully saturated rings. The first kappa shape index (κ1) is 14.7. The second-order valence-electron chi connectivity index (χ2n) is 4.51. The molecule has 21 heavy (non-hydrogen) atoms. The molecule has 0 saturated carbocycles. The Hall–Kier alpha value is -2.66. The van der Waals surface area contributed by atoms with Crippen LogP contribution in [-0.4, -0.2) is 22.1 Å². The minimum absolute atomic E-state index is 0.107. The minimum Gasteiger partial charge on any atom is -0.479 e. The topological polar surface area (TPSA) is 86.6 Å². The zero-order valence-electron chi connectivity index (χ0n) is 11.2. The van der Waals surface area contributed by atoms with Gasteiger partial charge in [-0.15, -0.1) is 0 Å². The van der Waals surface area contributed by atoms with E-state index >= 15 is 0 Å². The lowest BCUT2D eigenvalue weighted by Crippen LogP contribution is -2.33. The number of hydrogen-bond donors (Lipinski definition) is 3. The fraction of sp³-hybridized carbons (Fsp3) is 0.125. The summed E-state index contributed by atoms with van der Waals surface area (Å²) in [6.07, 6.45) is 0.